The molecule has 0 amide bonds. The van der Waals surface area contributed by atoms with E-state index in [9.17, 15) is 0 Å². The lowest BCUT2D eigenvalue weighted by molar-refractivity contribution is 1.09. The van der Waals surface area contributed by atoms with E-state index < -0.39 is 0 Å². The Balaban J connectivity index is 1.91. The molecule has 84 valence electrons. The van der Waals surface area contributed by atoms with Gasteiger partial charge in [-0.2, -0.15) is 10.1 Å². The first-order chi connectivity index (χ1) is 8.31. The summed E-state index contributed by atoms with van der Waals surface area (Å²) < 4.78 is 0. The summed E-state index contributed by atoms with van der Waals surface area (Å²) in [7, 11) is 0. The molecule has 0 atom stereocenters. The van der Waals surface area contributed by atoms with Gasteiger partial charge in [0.1, 0.15) is 0 Å². The van der Waals surface area contributed by atoms with Crippen molar-refractivity contribution in [3.8, 4) is 0 Å². The lowest BCUT2D eigenvalue weighted by Crippen LogP contribution is -1.96. The number of H-pyrrole nitrogens is 1. The van der Waals surface area contributed by atoms with Crippen molar-refractivity contribution in [2.24, 2.45) is 0 Å². The molecular formula is C12H11N5. The SMILES string of the molecule is Cc1ccc(Nc2ncc3cn[nH]c3n2)cc1. The summed E-state index contributed by atoms with van der Waals surface area (Å²) in [4.78, 5) is 8.53. The van der Waals surface area contributed by atoms with Crippen LogP contribution in [0.1, 0.15) is 5.56 Å². The van der Waals surface area contributed by atoms with Gasteiger partial charge in [-0.05, 0) is 19.1 Å². The first kappa shape index (κ1) is 9.77. The zero-order chi connectivity index (χ0) is 11.7. The monoisotopic (exact) mass is 225 g/mol. The molecule has 0 aliphatic rings. The van der Waals surface area contributed by atoms with Crippen molar-refractivity contribution in [2.45, 2.75) is 6.92 Å². The second-order valence-corrected chi connectivity index (χ2v) is 3.86. The highest BCUT2D eigenvalue weighted by molar-refractivity contribution is 5.74. The van der Waals surface area contributed by atoms with Gasteiger partial charge in [0.25, 0.3) is 0 Å². The molecule has 0 spiro atoms. The Kier molecular flexibility index (Phi) is 2.22. The quantitative estimate of drug-likeness (QED) is 0.702. The highest BCUT2D eigenvalue weighted by Crippen LogP contribution is 2.15. The number of aromatic amines is 1. The predicted molar refractivity (Wildman–Crippen MR) is 66.1 cm³/mol. The zero-order valence-corrected chi connectivity index (χ0v) is 9.31. The number of nitrogens with zero attached hydrogens (tertiary/aromatic N) is 3. The Morgan fingerprint density at radius 3 is 2.76 bits per heavy atom. The van der Waals surface area contributed by atoms with E-state index in [1.54, 1.807) is 12.4 Å². The Hall–Kier alpha value is -2.43. The molecule has 0 fully saturated rings. The predicted octanol–water partition coefficient (Wildman–Crippen LogP) is 2.40. The lowest BCUT2D eigenvalue weighted by atomic mass is 10.2. The molecule has 0 bridgehead atoms. The number of benzene rings is 1. The maximum Gasteiger partial charge on any atom is 0.229 e. The fourth-order valence-corrected chi connectivity index (χ4v) is 1.56. The average molecular weight is 225 g/mol. The van der Waals surface area contributed by atoms with Gasteiger partial charge in [0, 0.05) is 11.9 Å². The smallest absolute Gasteiger partial charge is 0.229 e. The molecule has 5 heteroatoms. The largest absolute Gasteiger partial charge is 0.324 e. The highest BCUT2D eigenvalue weighted by Gasteiger charge is 2.01. The van der Waals surface area contributed by atoms with Crippen LogP contribution < -0.4 is 5.32 Å². The lowest BCUT2D eigenvalue weighted by Gasteiger charge is -2.04. The fraction of sp³-hybridized carbons (Fsp3) is 0.0833. The minimum Gasteiger partial charge on any atom is -0.324 e. The van der Waals surface area contributed by atoms with Gasteiger partial charge in [-0.3, -0.25) is 5.10 Å². The molecule has 17 heavy (non-hydrogen) atoms. The molecule has 0 saturated carbocycles. The number of hydrogen-bond donors (Lipinski definition) is 2. The van der Waals surface area contributed by atoms with Crippen LogP contribution in [0.25, 0.3) is 11.0 Å². The molecule has 3 aromatic rings. The fourth-order valence-electron chi connectivity index (χ4n) is 1.56. The number of rotatable bonds is 2. The second-order valence-electron chi connectivity index (χ2n) is 3.86. The van der Waals surface area contributed by atoms with Crippen LogP contribution in [-0.2, 0) is 0 Å². The van der Waals surface area contributed by atoms with Crippen molar-refractivity contribution >= 4 is 22.7 Å². The van der Waals surface area contributed by atoms with Crippen LogP contribution in [0.4, 0.5) is 11.6 Å². The minimum atomic E-state index is 0.561. The molecule has 1 aromatic carbocycles. The molecule has 2 N–H and O–H groups in total. The number of anilines is 2. The van der Waals surface area contributed by atoms with E-state index in [0.717, 1.165) is 16.7 Å². The molecule has 2 heterocycles. The van der Waals surface area contributed by atoms with Crippen LogP contribution in [0.15, 0.2) is 36.7 Å². The molecule has 5 nitrogen and oxygen atoms in total. The standard InChI is InChI=1S/C12H11N5/c1-8-2-4-10(5-3-8)15-12-13-6-9-7-14-17-11(9)16-12/h2-7H,1H3,(H2,13,14,15,16,17). The van der Waals surface area contributed by atoms with Crippen LogP contribution in [0, 0.1) is 6.92 Å². The minimum absolute atomic E-state index is 0.561. The summed E-state index contributed by atoms with van der Waals surface area (Å²) in [5, 5.41) is 10.8. The van der Waals surface area contributed by atoms with E-state index in [4.69, 9.17) is 0 Å². The van der Waals surface area contributed by atoms with E-state index >= 15 is 0 Å². The van der Waals surface area contributed by atoms with Gasteiger partial charge in [-0.1, -0.05) is 17.7 Å². The molecule has 0 unspecified atom stereocenters. The summed E-state index contributed by atoms with van der Waals surface area (Å²) >= 11 is 0. The Labute approximate surface area is 97.9 Å². The summed E-state index contributed by atoms with van der Waals surface area (Å²) in [5.41, 5.74) is 2.92. The van der Waals surface area contributed by atoms with Gasteiger partial charge in [0.2, 0.25) is 5.95 Å². The van der Waals surface area contributed by atoms with Gasteiger partial charge >= 0.3 is 0 Å². The van der Waals surface area contributed by atoms with E-state index in [0.29, 0.717) is 5.95 Å². The van der Waals surface area contributed by atoms with E-state index in [1.807, 2.05) is 24.3 Å². The first-order valence-corrected chi connectivity index (χ1v) is 5.31. The Bertz CT molecular complexity index is 641. The molecule has 0 radical (unpaired) electrons. The maximum absolute atomic E-state index is 4.31. The van der Waals surface area contributed by atoms with Crippen LogP contribution in [0.5, 0.6) is 0 Å². The highest BCUT2D eigenvalue weighted by atomic mass is 15.2. The van der Waals surface area contributed by atoms with Crippen molar-refractivity contribution in [1.82, 2.24) is 20.2 Å². The second kappa shape index (κ2) is 3.86. The average Bonchev–Trinajstić information content (AvgIpc) is 2.79. The van der Waals surface area contributed by atoms with Crippen molar-refractivity contribution in [1.29, 1.82) is 0 Å². The van der Waals surface area contributed by atoms with Gasteiger partial charge in [-0.25, -0.2) is 4.98 Å². The third-order valence-electron chi connectivity index (χ3n) is 2.50. The van der Waals surface area contributed by atoms with E-state index in [-0.39, 0.29) is 0 Å². The number of aromatic nitrogens is 4. The van der Waals surface area contributed by atoms with Gasteiger partial charge in [-0.15, -0.1) is 0 Å². The summed E-state index contributed by atoms with van der Waals surface area (Å²) in [5.74, 6) is 0.561. The van der Waals surface area contributed by atoms with Crippen molar-refractivity contribution in [3.63, 3.8) is 0 Å². The topological polar surface area (TPSA) is 66.5 Å². The molecule has 0 aliphatic carbocycles. The van der Waals surface area contributed by atoms with Crippen LogP contribution in [0.2, 0.25) is 0 Å². The maximum atomic E-state index is 4.31. The first-order valence-electron chi connectivity index (χ1n) is 5.31. The summed E-state index contributed by atoms with van der Waals surface area (Å²) in [6, 6.07) is 8.07. The van der Waals surface area contributed by atoms with Crippen LogP contribution in [0.3, 0.4) is 0 Å². The van der Waals surface area contributed by atoms with Crippen LogP contribution >= 0.6 is 0 Å². The molecule has 0 aliphatic heterocycles. The van der Waals surface area contributed by atoms with E-state index in [1.165, 1.54) is 5.56 Å². The zero-order valence-electron chi connectivity index (χ0n) is 9.31. The van der Waals surface area contributed by atoms with Gasteiger partial charge in [0.05, 0.1) is 11.6 Å². The molecular weight excluding hydrogens is 214 g/mol. The molecule has 2 aromatic heterocycles. The Morgan fingerprint density at radius 1 is 1.12 bits per heavy atom. The normalized spacial score (nSPS) is 10.6. The van der Waals surface area contributed by atoms with Crippen molar-refractivity contribution in [3.05, 3.63) is 42.2 Å². The third kappa shape index (κ3) is 1.94. The van der Waals surface area contributed by atoms with E-state index in [2.05, 4.69) is 32.4 Å². The van der Waals surface area contributed by atoms with Crippen molar-refractivity contribution in [2.75, 3.05) is 5.32 Å². The number of aryl methyl sites for hydroxylation is 1. The number of nitrogens with one attached hydrogen (secondary N) is 2. The van der Waals surface area contributed by atoms with Gasteiger partial charge in [0.15, 0.2) is 5.65 Å². The van der Waals surface area contributed by atoms with Crippen LogP contribution in [-0.4, -0.2) is 20.2 Å². The number of fused-ring (bicyclic) bond motifs is 1. The summed E-state index contributed by atoms with van der Waals surface area (Å²) in [6.45, 7) is 2.05. The van der Waals surface area contributed by atoms with Crippen molar-refractivity contribution < 1.29 is 0 Å². The molecule has 0 saturated heterocycles. The van der Waals surface area contributed by atoms with Gasteiger partial charge < -0.3 is 5.32 Å². The molecule has 3 rings (SSSR count). The third-order valence-corrected chi connectivity index (χ3v) is 2.50. The number of hydrogen-bond acceptors (Lipinski definition) is 4. The Morgan fingerprint density at radius 2 is 1.94 bits per heavy atom. The summed E-state index contributed by atoms with van der Waals surface area (Å²) in [6.07, 6.45) is 3.44.